The molecule has 0 aliphatic rings. The summed E-state index contributed by atoms with van der Waals surface area (Å²) in [6.07, 6.45) is 1.40. The molecule has 0 spiro atoms. The van der Waals surface area contributed by atoms with Crippen LogP contribution in [-0.2, 0) is 0 Å². The number of hydrogen-bond donors (Lipinski definition) is 0. The van der Waals surface area contributed by atoms with E-state index < -0.39 is 0 Å². The molecule has 4 aromatic rings. The minimum atomic E-state index is 0.305. The van der Waals surface area contributed by atoms with Gasteiger partial charge in [-0.05, 0) is 0 Å². The van der Waals surface area contributed by atoms with Crippen molar-refractivity contribution in [3.05, 3.63) is 72.1 Å². The van der Waals surface area contributed by atoms with Gasteiger partial charge in [0.1, 0.15) is 11.8 Å². The Hall–Kier alpha value is -2.85. The molecule has 23 heavy (non-hydrogen) atoms. The molecular weight excluding hydrogens is 308 g/mol. The van der Waals surface area contributed by atoms with Gasteiger partial charge in [-0.3, -0.25) is 0 Å². The summed E-state index contributed by atoms with van der Waals surface area (Å²) in [5, 5.41) is 0.305. The summed E-state index contributed by atoms with van der Waals surface area (Å²) in [6, 6.07) is 19.8. The van der Waals surface area contributed by atoms with E-state index in [-0.39, 0.29) is 0 Å². The van der Waals surface area contributed by atoms with Gasteiger partial charge in [0.25, 0.3) is 0 Å². The molecule has 0 unspecified atom stereocenters. The van der Waals surface area contributed by atoms with Gasteiger partial charge in [0.2, 0.25) is 0 Å². The molecule has 0 saturated heterocycles. The zero-order valence-corrected chi connectivity index (χ0v) is 12.8. The molecule has 4 nitrogen and oxygen atoms in total. The molecular formula is C18H11ClN4. The van der Waals surface area contributed by atoms with Crippen molar-refractivity contribution in [3.8, 4) is 22.5 Å². The largest absolute Gasteiger partial charge is 0.239 e. The monoisotopic (exact) mass is 318 g/mol. The standard InChI is InChI=1S/C18H11ClN4/c19-17-16-18(21-11-20-17)23-15(13-9-5-2-6-10-13)14(22-16)12-7-3-1-4-8-12/h1-11H. The fourth-order valence-corrected chi connectivity index (χ4v) is 2.62. The van der Waals surface area contributed by atoms with E-state index in [2.05, 4.69) is 15.0 Å². The predicted octanol–water partition coefficient (Wildman–Crippen LogP) is 4.41. The fraction of sp³-hybridized carbons (Fsp3) is 0. The van der Waals surface area contributed by atoms with Crippen molar-refractivity contribution in [1.29, 1.82) is 0 Å². The summed E-state index contributed by atoms with van der Waals surface area (Å²) in [5.41, 5.74) is 4.49. The van der Waals surface area contributed by atoms with E-state index in [1.54, 1.807) is 0 Å². The molecule has 0 aliphatic heterocycles. The number of hydrogen-bond acceptors (Lipinski definition) is 4. The highest BCUT2D eigenvalue weighted by Crippen LogP contribution is 2.31. The Balaban J connectivity index is 2.07. The Kier molecular flexibility index (Phi) is 3.44. The smallest absolute Gasteiger partial charge is 0.183 e. The van der Waals surface area contributed by atoms with Gasteiger partial charge in [-0.15, -0.1) is 0 Å². The Bertz CT molecular complexity index is 972. The first kappa shape index (κ1) is 13.8. The predicted molar refractivity (Wildman–Crippen MR) is 91.0 cm³/mol. The second-order valence-corrected chi connectivity index (χ2v) is 5.35. The maximum absolute atomic E-state index is 6.16. The first-order chi connectivity index (χ1) is 11.3. The summed E-state index contributed by atoms with van der Waals surface area (Å²) >= 11 is 6.16. The number of nitrogens with zero attached hydrogens (tertiary/aromatic N) is 4. The van der Waals surface area contributed by atoms with E-state index in [4.69, 9.17) is 16.6 Å². The normalized spacial score (nSPS) is 10.8. The third-order valence-corrected chi connectivity index (χ3v) is 3.79. The van der Waals surface area contributed by atoms with Crippen LogP contribution in [-0.4, -0.2) is 19.9 Å². The molecule has 0 bridgehead atoms. The molecule has 2 heterocycles. The van der Waals surface area contributed by atoms with Gasteiger partial charge >= 0.3 is 0 Å². The van der Waals surface area contributed by atoms with Crippen LogP contribution in [0.2, 0.25) is 5.15 Å². The summed E-state index contributed by atoms with van der Waals surface area (Å²) in [7, 11) is 0. The van der Waals surface area contributed by atoms with E-state index in [1.807, 2.05) is 60.7 Å². The van der Waals surface area contributed by atoms with Crippen LogP contribution >= 0.6 is 11.6 Å². The van der Waals surface area contributed by atoms with Crippen molar-refractivity contribution >= 4 is 22.8 Å². The SMILES string of the molecule is Clc1ncnc2nc(-c3ccccc3)c(-c3ccccc3)nc12. The van der Waals surface area contributed by atoms with Crippen LogP contribution in [0.3, 0.4) is 0 Å². The van der Waals surface area contributed by atoms with E-state index in [0.717, 1.165) is 22.5 Å². The highest BCUT2D eigenvalue weighted by atomic mass is 35.5. The van der Waals surface area contributed by atoms with E-state index in [0.29, 0.717) is 16.3 Å². The van der Waals surface area contributed by atoms with Gasteiger partial charge in [-0.25, -0.2) is 19.9 Å². The van der Waals surface area contributed by atoms with Crippen LogP contribution in [0.4, 0.5) is 0 Å². The Labute approximate surface area is 137 Å². The molecule has 0 aliphatic carbocycles. The number of halogens is 1. The first-order valence-electron chi connectivity index (χ1n) is 7.12. The van der Waals surface area contributed by atoms with Gasteiger partial charge in [0.15, 0.2) is 10.8 Å². The molecule has 110 valence electrons. The van der Waals surface area contributed by atoms with Crippen molar-refractivity contribution < 1.29 is 0 Å². The maximum Gasteiger partial charge on any atom is 0.183 e. The number of benzene rings is 2. The van der Waals surface area contributed by atoms with E-state index in [9.17, 15) is 0 Å². The van der Waals surface area contributed by atoms with Crippen LogP contribution in [0.15, 0.2) is 67.0 Å². The Morgan fingerprint density at radius 1 is 0.652 bits per heavy atom. The zero-order valence-electron chi connectivity index (χ0n) is 12.0. The van der Waals surface area contributed by atoms with Crippen molar-refractivity contribution in [2.75, 3.05) is 0 Å². The highest BCUT2D eigenvalue weighted by molar-refractivity contribution is 6.33. The van der Waals surface area contributed by atoms with Crippen LogP contribution in [0, 0.1) is 0 Å². The summed E-state index contributed by atoms with van der Waals surface area (Å²) in [5.74, 6) is 0. The Morgan fingerprint density at radius 3 is 1.83 bits per heavy atom. The van der Waals surface area contributed by atoms with Gasteiger partial charge < -0.3 is 0 Å². The molecule has 2 aromatic carbocycles. The second-order valence-electron chi connectivity index (χ2n) is 4.99. The molecule has 0 N–H and O–H groups in total. The summed E-state index contributed by atoms with van der Waals surface area (Å²) in [4.78, 5) is 17.6. The molecule has 0 radical (unpaired) electrons. The fourth-order valence-electron chi connectivity index (χ4n) is 2.44. The lowest BCUT2D eigenvalue weighted by Crippen LogP contribution is -1.98. The molecule has 5 heteroatoms. The van der Waals surface area contributed by atoms with Crippen LogP contribution in [0.5, 0.6) is 0 Å². The zero-order chi connectivity index (χ0) is 15.6. The van der Waals surface area contributed by atoms with Gasteiger partial charge in [0, 0.05) is 11.1 Å². The Morgan fingerprint density at radius 2 is 1.22 bits per heavy atom. The quantitative estimate of drug-likeness (QED) is 0.514. The third kappa shape index (κ3) is 2.53. The molecule has 4 rings (SSSR count). The lowest BCUT2D eigenvalue weighted by molar-refractivity contribution is 1.15. The topological polar surface area (TPSA) is 51.6 Å². The average Bonchev–Trinajstić information content (AvgIpc) is 2.63. The number of rotatable bonds is 2. The minimum absolute atomic E-state index is 0.305. The minimum Gasteiger partial charge on any atom is -0.239 e. The molecule has 0 fully saturated rings. The summed E-state index contributed by atoms with van der Waals surface area (Å²) < 4.78 is 0. The van der Waals surface area contributed by atoms with Crippen molar-refractivity contribution in [2.24, 2.45) is 0 Å². The van der Waals surface area contributed by atoms with E-state index >= 15 is 0 Å². The van der Waals surface area contributed by atoms with Crippen LogP contribution < -0.4 is 0 Å². The van der Waals surface area contributed by atoms with Crippen LogP contribution in [0.25, 0.3) is 33.7 Å². The first-order valence-corrected chi connectivity index (χ1v) is 7.50. The highest BCUT2D eigenvalue weighted by Gasteiger charge is 2.15. The van der Waals surface area contributed by atoms with Crippen molar-refractivity contribution in [3.63, 3.8) is 0 Å². The maximum atomic E-state index is 6.16. The van der Waals surface area contributed by atoms with Crippen molar-refractivity contribution in [1.82, 2.24) is 19.9 Å². The third-order valence-electron chi connectivity index (χ3n) is 3.52. The van der Waals surface area contributed by atoms with E-state index in [1.165, 1.54) is 6.33 Å². The van der Waals surface area contributed by atoms with Gasteiger partial charge in [-0.1, -0.05) is 72.3 Å². The molecule has 0 atom stereocenters. The lowest BCUT2D eigenvalue weighted by atomic mass is 10.0. The molecule has 2 aromatic heterocycles. The summed E-state index contributed by atoms with van der Waals surface area (Å²) in [6.45, 7) is 0. The number of aromatic nitrogens is 4. The van der Waals surface area contributed by atoms with Gasteiger partial charge in [0.05, 0.1) is 11.4 Å². The van der Waals surface area contributed by atoms with Crippen molar-refractivity contribution in [2.45, 2.75) is 0 Å². The second kappa shape index (κ2) is 5.74. The molecule has 0 saturated carbocycles. The number of fused-ring (bicyclic) bond motifs is 1. The van der Waals surface area contributed by atoms with Gasteiger partial charge in [-0.2, -0.15) is 0 Å². The lowest BCUT2D eigenvalue weighted by Gasteiger charge is -2.10. The average molecular weight is 319 g/mol. The molecule has 0 amide bonds. The van der Waals surface area contributed by atoms with Crippen LogP contribution in [0.1, 0.15) is 0 Å².